The Balaban J connectivity index is 1.71. The molecule has 0 aromatic heterocycles. The van der Waals surface area contributed by atoms with E-state index in [1.165, 1.54) is 0 Å². The van der Waals surface area contributed by atoms with Gasteiger partial charge < -0.3 is 15.4 Å². The maximum Gasteiger partial charge on any atom is 0.238 e. The average Bonchev–Trinajstić information content (AvgIpc) is 2.73. The van der Waals surface area contributed by atoms with Crippen LogP contribution in [0.1, 0.15) is 13.3 Å². The van der Waals surface area contributed by atoms with Gasteiger partial charge in [0.25, 0.3) is 0 Å². The summed E-state index contributed by atoms with van der Waals surface area (Å²) in [5.74, 6) is 0.285. The second kappa shape index (κ2) is 5.46. The largest absolute Gasteiger partial charge is 0.378 e. The first kappa shape index (κ1) is 12.3. The molecular formula is C11H19N3O3. The number of ether oxygens (including phenoxy) is 1. The Morgan fingerprint density at radius 3 is 3.00 bits per heavy atom. The second-order valence-electron chi connectivity index (χ2n) is 4.61. The molecule has 2 amide bonds. The molecule has 0 aliphatic carbocycles. The van der Waals surface area contributed by atoms with Gasteiger partial charge in [-0.1, -0.05) is 0 Å². The van der Waals surface area contributed by atoms with Crippen LogP contribution in [0.2, 0.25) is 0 Å². The smallest absolute Gasteiger partial charge is 0.238 e. The van der Waals surface area contributed by atoms with Gasteiger partial charge in [0.2, 0.25) is 11.8 Å². The molecule has 96 valence electrons. The molecule has 0 radical (unpaired) electrons. The predicted octanol–water partition coefficient (Wildman–Crippen LogP) is -1.38. The fourth-order valence-corrected chi connectivity index (χ4v) is 2.15. The highest BCUT2D eigenvalue weighted by atomic mass is 16.5. The van der Waals surface area contributed by atoms with Crippen molar-refractivity contribution in [2.24, 2.45) is 5.92 Å². The molecule has 6 nitrogen and oxygen atoms in total. The summed E-state index contributed by atoms with van der Waals surface area (Å²) in [5.41, 5.74) is 0. The van der Waals surface area contributed by atoms with Gasteiger partial charge in [-0.2, -0.15) is 0 Å². The molecule has 2 aliphatic heterocycles. The van der Waals surface area contributed by atoms with Gasteiger partial charge in [-0.05, 0) is 13.3 Å². The van der Waals surface area contributed by atoms with E-state index in [4.69, 9.17) is 4.74 Å². The van der Waals surface area contributed by atoms with Crippen LogP contribution in [0.15, 0.2) is 0 Å². The van der Waals surface area contributed by atoms with E-state index in [0.29, 0.717) is 19.0 Å². The topological polar surface area (TPSA) is 79.5 Å². The lowest BCUT2D eigenvalue weighted by molar-refractivity contribution is -0.126. The van der Waals surface area contributed by atoms with Crippen LogP contribution < -0.4 is 16.0 Å². The summed E-state index contributed by atoms with van der Waals surface area (Å²) < 4.78 is 5.43. The van der Waals surface area contributed by atoms with E-state index in [1.807, 2.05) is 6.92 Å². The maximum absolute atomic E-state index is 11.8. The Labute approximate surface area is 100 Å². The van der Waals surface area contributed by atoms with E-state index in [-0.39, 0.29) is 30.5 Å². The van der Waals surface area contributed by atoms with Crippen molar-refractivity contribution in [1.82, 2.24) is 16.0 Å². The van der Waals surface area contributed by atoms with E-state index in [1.54, 1.807) is 0 Å². The van der Waals surface area contributed by atoms with Crippen LogP contribution >= 0.6 is 0 Å². The highest BCUT2D eigenvalue weighted by Gasteiger charge is 2.27. The third-order valence-electron chi connectivity index (χ3n) is 3.40. The molecule has 2 saturated heterocycles. The van der Waals surface area contributed by atoms with Gasteiger partial charge in [-0.25, -0.2) is 0 Å². The van der Waals surface area contributed by atoms with Crippen LogP contribution in [0, 0.1) is 5.92 Å². The molecule has 2 fully saturated rings. The monoisotopic (exact) mass is 241 g/mol. The van der Waals surface area contributed by atoms with E-state index in [9.17, 15) is 9.59 Å². The minimum absolute atomic E-state index is 0.0518. The molecule has 3 N–H and O–H groups in total. The fourth-order valence-electron chi connectivity index (χ4n) is 2.15. The van der Waals surface area contributed by atoms with E-state index < -0.39 is 0 Å². The SMILES string of the molecule is CC1OCCC1CNC(=O)C1CNC(=O)CN1. The first-order valence-electron chi connectivity index (χ1n) is 6.06. The molecule has 0 bridgehead atoms. The molecule has 2 aliphatic rings. The van der Waals surface area contributed by atoms with Gasteiger partial charge in [-0.3, -0.25) is 14.9 Å². The molecule has 2 rings (SSSR count). The van der Waals surface area contributed by atoms with Gasteiger partial charge >= 0.3 is 0 Å². The number of rotatable bonds is 3. The summed E-state index contributed by atoms with van der Waals surface area (Å²) >= 11 is 0. The molecule has 0 aromatic carbocycles. The molecule has 6 heteroatoms. The maximum atomic E-state index is 11.8. The van der Waals surface area contributed by atoms with E-state index >= 15 is 0 Å². The minimum Gasteiger partial charge on any atom is -0.378 e. The number of hydrogen-bond donors (Lipinski definition) is 3. The minimum atomic E-state index is -0.315. The van der Waals surface area contributed by atoms with E-state index in [0.717, 1.165) is 13.0 Å². The second-order valence-corrected chi connectivity index (χ2v) is 4.61. The molecule has 0 spiro atoms. The van der Waals surface area contributed by atoms with Crippen molar-refractivity contribution < 1.29 is 14.3 Å². The van der Waals surface area contributed by atoms with Crippen molar-refractivity contribution in [1.29, 1.82) is 0 Å². The van der Waals surface area contributed by atoms with Crippen molar-refractivity contribution in [2.75, 3.05) is 26.2 Å². The quantitative estimate of drug-likeness (QED) is 0.569. The lowest BCUT2D eigenvalue weighted by Crippen LogP contribution is -2.58. The zero-order valence-electron chi connectivity index (χ0n) is 9.99. The molecule has 3 unspecified atom stereocenters. The van der Waals surface area contributed by atoms with Crippen LogP contribution in [-0.2, 0) is 14.3 Å². The van der Waals surface area contributed by atoms with Crippen LogP contribution in [-0.4, -0.2) is 50.2 Å². The number of piperazine rings is 1. The summed E-state index contributed by atoms with van der Waals surface area (Å²) in [7, 11) is 0. The third kappa shape index (κ3) is 3.17. The Kier molecular flexibility index (Phi) is 3.96. The summed E-state index contributed by atoms with van der Waals surface area (Å²) in [6.45, 7) is 4.02. The Morgan fingerprint density at radius 1 is 1.59 bits per heavy atom. The van der Waals surface area contributed by atoms with Crippen LogP contribution in [0.25, 0.3) is 0 Å². The summed E-state index contributed by atoms with van der Waals surface area (Å²) in [6, 6.07) is -0.315. The number of nitrogens with one attached hydrogen (secondary N) is 3. The Morgan fingerprint density at radius 2 is 2.41 bits per heavy atom. The highest BCUT2D eigenvalue weighted by molar-refractivity contribution is 5.86. The Bertz CT molecular complexity index is 298. The molecule has 0 aromatic rings. The van der Waals surface area contributed by atoms with Crippen molar-refractivity contribution >= 4 is 11.8 Å². The van der Waals surface area contributed by atoms with Gasteiger partial charge in [0.1, 0.15) is 6.04 Å². The van der Waals surface area contributed by atoms with Gasteiger partial charge in [-0.15, -0.1) is 0 Å². The van der Waals surface area contributed by atoms with Crippen molar-refractivity contribution in [3.8, 4) is 0 Å². The summed E-state index contributed by atoms with van der Waals surface area (Å²) in [6.07, 6.45) is 1.21. The van der Waals surface area contributed by atoms with Gasteiger partial charge in [0, 0.05) is 25.6 Å². The fraction of sp³-hybridized carbons (Fsp3) is 0.818. The Hall–Kier alpha value is -1.14. The molecule has 2 heterocycles. The molecule has 17 heavy (non-hydrogen) atoms. The average molecular weight is 241 g/mol. The normalized spacial score (nSPS) is 33.2. The number of carbonyl (C=O) groups is 2. The van der Waals surface area contributed by atoms with Crippen molar-refractivity contribution in [2.45, 2.75) is 25.5 Å². The lowest BCUT2D eigenvalue weighted by atomic mass is 10.0. The summed E-state index contributed by atoms with van der Waals surface area (Å²) in [5, 5.41) is 8.47. The van der Waals surface area contributed by atoms with Gasteiger partial charge in [0.05, 0.1) is 12.6 Å². The first-order chi connectivity index (χ1) is 8.16. The number of amides is 2. The molecular weight excluding hydrogens is 222 g/mol. The van der Waals surface area contributed by atoms with Crippen LogP contribution in [0.3, 0.4) is 0 Å². The molecule has 3 atom stereocenters. The number of hydrogen-bond acceptors (Lipinski definition) is 4. The van der Waals surface area contributed by atoms with Crippen molar-refractivity contribution in [3.05, 3.63) is 0 Å². The predicted molar refractivity (Wildman–Crippen MR) is 61.3 cm³/mol. The summed E-state index contributed by atoms with van der Waals surface area (Å²) in [4.78, 5) is 22.7. The standard InChI is InChI=1S/C11H19N3O3/c1-7-8(2-3-17-7)4-14-11(16)9-5-13-10(15)6-12-9/h7-9,12H,2-6H2,1H3,(H,13,15)(H,14,16). The van der Waals surface area contributed by atoms with E-state index in [2.05, 4.69) is 16.0 Å². The zero-order valence-corrected chi connectivity index (χ0v) is 9.99. The highest BCUT2D eigenvalue weighted by Crippen LogP contribution is 2.19. The zero-order chi connectivity index (χ0) is 12.3. The molecule has 0 saturated carbocycles. The van der Waals surface area contributed by atoms with Crippen LogP contribution in [0.5, 0.6) is 0 Å². The van der Waals surface area contributed by atoms with Crippen molar-refractivity contribution in [3.63, 3.8) is 0 Å². The van der Waals surface area contributed by atoms with Gasteiger partial charge in [0.15, 0.2) is 0 Å². The number of carbonyl (C=O) groups excluding carboxylic acids is 2. The first-order valence-corrected chi connectivity index (χ1v) is 6.06. The lowest BCUT2D eigenvalue weighted by Gasteiger charge is -2.24. The third-order valence-corrected chi connectivity index (χ3v) is 3.40. The van der Waals surface area contributed by atoms with Crippen LogP contribution in [0.4, 0.5) is 0 Å².